The average Bonchev–Trinajstić information content (AvgIpc) is 3.24. The van der Waals surface area contributed by atoms with Crippen molar-refractivity contribution in [1.29, 1.82) is 0 Å². The van der Waals surface area contributed by atoms with Crippen molar-refractivity contribution in [3.05, 3.63) is 35.9 Å². The summed E-state index contributed by atoms with van der Waals surface area (Å²) in [4.78, 5) is 33.5. The lowest BCUT2D eigenvalue weighted by Gasteiger charge is -2.31. The maximum absolute atomic E-state index is 12.8. The summed E-state index contributed by atoms with van der Waals surface area (Å²) in [7, 11) is 3.62. The van der Waals surface area contributed by atoms with Gasteiger partial charge in [0.05, 0.1) is 5.41 Å². The number of hydrogen-bond acceptors (Lipinski definition) is 3. The van der Waals surface area contributed by atoms with Crippen LogP contribution in [0.3, 0.4) is 0 Å². The third-order valence-corrected chi connectivity index (χ3v) is 5.68. The fraction of sp³-hybridized carbons (Fsp3) is 0.609. The molecule has 1 aromatic carbocycles. The molecule has 174 valence electrons. The van der Waals surface area contributed by atoms with E-state index in [9.17, 15) is 9.59 Å². The van der Waals surface area contributed by atoms with Crippen LogP contribution in [0.15, 0.2) is 35.3 Å². The van der Waals surface area contributed by atoms with Crippen molar-refractivity contribution in [2.24, 2.45) is 10.4 Å². The second-order valence-electron chi connectivity index (χ2n) is 8.13. The molecule has 0 bridgehead atoms. The van der Waals surface area contributed by atoms with Gasteiger partial charge < -0.3 is 20.4 Å². The quantitative estimate of drug-likeness (QED) is 0.286. The molecule has 31 heavy (non-hydrogen) atoms. The van der Waals surface area contributed by atoms with Gasteiger partial charge in [0.15, 0.2) is 5.96 Å². The summed E-state index contributed by atoms with van der Waals surface area (Å²) in [6, 6.07) is 9.97. The summed E-state index contributed by atoms with van der Waals surface area (Å²) < 4.78 is 0. The van der Waals surface area contributed by atoms with Gasteiger partial charge in [-0.05, 0) is 32.3 Å². The molecular formula is C23H38IN5O2. The Morgan fingerprint density at radius 2 is 1.71 bits per heavy atom. The normalized spacial score (nSPS) is 15.0. The zero-order valence-electron chi connectivity index (χ0n) is 19.3. The highest BCUT2D eigenvalue weighted by Crippen LogP contribution is 2.38. The van der Waals surface area contributed by atoms with Gasteiger partial charge in [0.2, 0.25) is 11.8 Å². The zero-order valence-corrected chi connectivity index (χ0v) is 21.6. The Morgan fingerprint density at radius 1 is 1.06 bits per heavy atom. The van der Waals surface area contributed by atoms with Crippen LogP contribution in [0.4, 0.5) is 0 Å². The number of benzene rings is 1. The van der Waals surface area contributed by atoms with E-state index in [1.807, 2.05) is 58.3 Å². The number of hydrogen-bond donors (Lipinski definition) is 2. The molecule has 0 radical (unpaired) electrons. The van der Waals surface area contributed by atoms with Crippen molar-refractivity contribution in [2.75, 3.05) is 40.3 Å². The van der Waals surface area contributed by atoms with E-state index in [0.717, 1.165) is 31.2 Å². The van der Waals surface area contributed by atoms with E-state index in [2.05, 4.69) is 15.6 Å². The number of carbonyl (C=O) groups excluding carboxylic acids is 2. The fourth-order valence-electron chi connectivity index (χ4n) is 4.01. The molecule has 0 heterocycles. The summed E-state index contributed by atoms with van der Waals surface area (Å²) >= 11 is 0. The number of halogens is 1. The lowest BCUT2D eigenvalue weighted by molar-refractivity contribution is -0.139. The van der Waals surface area contributed by atoms with Crippen LogP contribution in [0.25, 0.3) is 0 Å². The van der Waals surface area contributed by atoms with E-state index in [-0.39, 0.29) is 47.8 Å². The Bertz CT molecular complexity index is 718. The first-order chi connectivity index (χ1) is 14.4. The van der Waals surface area contributed by atoms with Gasteiger partial charge in [0, 0.05) is 40.3 Å². The second-order valence-corrected chi connectivity index (χ2v) is 8.13. The lowest BCUT2D eigenvalue weighted by Crippen LogP contribution is -2.49. The van der Waals surface area contributed by atoms with Crippen molar-refractivity contribution in [3.8, 4) is 0 Å². The third-order valence-electron chi connectivity index (χ3n) is 5.68. The molecule has 0 atom stereocenters. The van der Waals surface area contributed by atoms with Gasteiger partial charge in [-0.3, -0.25) is 9.59 Å². The van der Waals surface area contributed by atoms with Crippen molar-refractivity contribution in [1.82, 2.24) is 20.4 Å². The van der Waals surface area contributed by atoms with Gasteiger partial charge in [0.25, 0.3) is 0 Å². The molecule has 0 aromatic heterocycles. The number of aliphatic imine (C=N–C) groups is 1. The molecule has 1 saturated carbocycles. The molecule has 1 fully saturated rings. The van der Waals surface area contributed by atoms with Crippen LogP contribution in [-0.2, 0) is 16.1 Å². The van der Waals surface area contributed by atoms with Crippen LogP contribution in [0.2, 0.25) is 0 Å². The van der Waals surface area contributed by atoms with E-state index in [1.165, 1.54) is 0 Å². The molecule has 0 unspecified atom stereocenters. The number of amides is 2. The highest BCUT2D eigenvalue weighted by molar-refractivity contribution is 14.0. The Balaban J connectivity index is 0.00000480. The van der Waals surface area contributed by atoms with Crippen molar-refractivity contribution >= 4 is 41.8 Å². The summed E-state index contributed by atoms with van der Waals surface area (Å²) in [6.07, 6.45) is 3.91. The molecule has 1 aromatic rings. The van der Waals surface area contributed by atoms with Crippen LogP contribution in [0.1, 0.15) is 45.1 Å². The predicted molar refractivity (Wildman–Crippen MR) is 137 cm³/mol. The number of nitrogens with zero attached hydrogens (tertiary/aromatic N) is 3. The van der Waals surface area contributed by atoms with Gasteiger partial charge in [-0.2, -0.15) is 0 Å². The highest BCUT2D eigenvalue weighted by atomic mass is 127. The maximum atomic E-state index is 12.8. The Morgan fingerprint density at radius 3 is 2.26 bits per heavy atom. The largest absolute Gasteiger partial charge is 0.357 e. The summed E-state index contributed by atoms with van der Waals surface area (Å²) in [5.74, 6) is 0.734. The number of likely N-dealkylation sites (N-methyl/N-ethyl adjacent to an activating group) is 1. The van der Waals surface area contributed by atoms with Crippen molar-refractivity contribution in [2.45, 2.75) is 46.1 Å². The number of guanidine groups is 1. The molecule has 0 aliphatic heterocycles. The SMILES string of the molecule is CCNC(=NCC(=O)N(CC)Cc1ccccc1)NCC1(C(=O)N(C)C)CCCC1.I. The Labute approximate surface area is 204 Å². The monoisotopic (exact) mass is 543 g/mol. The Kier molecular flexibility index (Phi) is 11.9. The average molecular weight is 543 g/mol. The molecule has 0 saturated heterocycles. The molecule has 0 spiro atoms. The third kappa shape index (κ3) is 7.97. The number of carbonyl (C=O) groups is 2. The highest BCUT2D eigenvalue weighted by Gasteiger charge is 2.42. The first-order valence-corrected chi connectivity index (χ1v) is 11.0. The number of nitrogens with one attached hydrogen (secondary N) is 2. The molecular weight excluding hydrogens is 505 g/mol. The molecule has 7 nitrogen and oxygen atoms in total. The first-order valence-electron chi connectivity index (χ1n) is 11.0. The molecule has 8 heteroatoms. The minimum Gasteiger partial charge on any atom is -0.357 e. The van der Waals surface area contributed by atoms with Crippen molar-refractivity contribution < 1.29 is 9.59 Å². The second kappa shape index (κ2) is 13.5. The van der Waals surface area contributed by atoms with Crippen LogP contribution in [0.5, 0.6) is 0 Å². The topological polar surface area (TPSA) is 77.0 Å². The summed E-state index contributed by atoms with van der Waals surface area (Å²) in [5, 5.41) is 6.52. The van der Waals surface area contributed by atoms with Gasteiger partial charge in [-0.25, -0.2) is 4.99 Å². The first kappa shape index (κ1) is 27.2. The predicted octanol–water partition coefficient (Wildman–Crippen LogP) is 2.86. The molecule has 2 N–H and O–H groups in total. The molecule has 1 aliphatic carbocycles. The minimum atomic E-state index is -0.382. The van der Waals surface area contributed by atoms with Gasteiger partial charge in [-0.1, -0.05) is 43.2 Å². The van der Waals surface area contributed by atoms with Crippen LogP contribution >= 0.6 is 24.0 Å². The standard InChI is InChI=1S/C23H37N5O2.HI/c1-5-24-22(26-18-23(14-10-11-15-23)21(30)27(3)4)25-16-20(29)28(6-2)17-19-12-8-7-9-13-19;/h7-9,12-13H,5-6,10-11,14-18H2,1-4H3,(H2,24,25,26);1H. The molecule has 2 amide bonds. The fourth-order valence-corrected chi connectivity index (χ4v) is 4.01. The van der Waals surface area contributed by atoms with Crippen LogP contribution in [0, 0.1) is 5.41 Å². The van der Waals surface area contributed by atoms with E-state index < -0.39 is 0 Å². The van der Waals surface area contributed by atoms with E-state index >= 15 is 0 Å². The summed E-state index contributed by atoms with van der Waals surface area (Å²) in [6.45, 7) is 6.48. The molecule has 2 rings (SSSR count). The summed E-state index contributed by atoms with van der Waals surface area (Å²) in [5.41, 5.74) is 0.721. The van der Waals surface area contributed by atoms with Gasteiger partial charge in [0.1, 0.15) is 6.54 Å². The van der Waals surface area contributed by atoms with E-state index in [1.54, 1.807) is 9.80 Å². The Hall–Kier alpha value is -1.84. The van der Waals surface area contributed by atoms with Crippen LogP contribution < -0.4 is 10.6 Å². The minimum absolute atomic E-state index is 0. The van der Waals surface area contributed by atoms with E-state index in [0.29, 0.717) is 32.1 Å². The van der Waals surface area contributed by atoms with Gasteiger partial charge >= 0.3 is 0 Å². The van der Waals surface area contributed by atoms with Crippen LogP contribution in [-0.4, -0.2) is 67.8 Å². The maximum Gasteiger partial charge on any atom is 0.244 e. The van der Waals surface area contributed by atoms with E-state index in [4.69, 9.17) is 0 Å². The smallest absolute Gasteiger partial charge is 0.244 e. The number of rotatable bonds is 9. The van der Waals surface area contributed by atoms with Crippen molar-refractivity contribution in [3.63, 3.8) is 0 Å². The zero-order chi connectivity index (χ0) is 22.0. The van der Waals surface area contributed by atoms with Gasteiger partial charge in [-0.15, -0.1) is 24.0 Å². The lowest BCUT2D eigenvalue weighted by atomic mass is 9.84. The molecule has 1 aliphatic rings.